The van der Waals surface area contributed by atoms with Gasteiger partial charge < -0.3 is 0 Å². The highest BCUT2D eigenvalue weighted by Crippen LogP contribution is 2.64. The first-order valence-corrected chi connectivity index (χ1v) is 49.7. The third-order valence-electron chi connectivity index (χ3n) is 33.7. The molecular weight excluding hydrogens is 1710 g/mol. The van der Waals surface area contributed by atoms with E-state index in [-0.39, 0.29) is 0 Å². The molecule has 20 aromatic rings. The highest BCUT2D eigenvalue weighted by molar-refractivity contribution is 6.04. The lowest BCUT2D eigenvalue weighted by Gasteiger charge is -2.39. The first-order chi connectivity index (χ1) is 69.4. The predicted octanol–water partition coefficient (Wildman–Crippen LogP) is 27.6. The maximum Gasteiger partial charge on any atom is 0.142 e. The van der Waals surface area contributed by atoms with Crippen LogP contribution in [0.5, 0.6) is 0 Å². The van der Waals surface area contributed by atoms with Crippen LogP contribution in [0.1, 0.15) is 178 Å². The molecule has 0 N–H and O–H groups in total. The standard InChI is InChI=1S/4C32H21N3/c1-2-8-24-18(5-1)16-26-25(24)10-9-19-13-22-15-23-14-20-6-3-11-33-31(20)35-30(23)27(29(22)28(19)26)17-21-7-4-12-34-32(21)35;1-2-7-23-18(5-1)16-25-24(23)10-9-19-13-21-15-22-14-20-6-3-12-34-32(20)35-28-8-4-11-33-27(28)17-26(31(22)35)30(21)29(19)25;1-2-6-24-18(4-1)15-26-25(24)8-7-20-12-22-14-23-13-21-5-3-10-34-32(21)35-28-17-33-11-9-19(28)16-27(31(23)35)30(22)29(20)26;1-2-6-24-18(4-1)15-26-25(24)8-7-19-12-21-14-22-13-20-5-3-10-34-32(20)35-28-9-11-33-17-23(28)16-27(31(22)35)30(21)29(19)26/h2*1-12,15H,13-14,16-17H2;2*1-11,14,17H,12-13,15-16H2. The highest BCUT2D eigenvalue weighted by Gasteiger charge is 2.46. The number of fused-ring (bicyclic) bond motifs is 48. The quantitative estimate of drug-likeness (QED) is 0.144. The van der Waals surface area contributed by atoms with Gasteiger partial charge in [-0.15, -0.1) is 0 Å². The second-order valence-electron chi connectivity index (χ2n) is 40.8. The lowest BCUT2D eigenvalue weighted by atomic mass is 9.82. The number of hydrogen-bond donors (Lipinski definition) is 0. The summed E-state index contributed by atoms with van der Waals surface area (Å²) in [6.07, 6.45) is 35.0. The van der Waals surface area contributed by atoms with Gasteiger partial charge in [-0.2, -0.15) is 0 Å². The summed E-state index contributed by atoms with van der Waals surface area (Å²) in [6, 6.07) is 94.7. The Hall–Kier alpha value is -17.0. The molecule has 0 radical (unpaired) electrons. The van der Waals surface area contributed by atoms with Crippen LogP contribution in [0.15, 0.2) is 317 Å². The Bertz CT molecular complexity index is 8060. The molecule has 12 aromatic carbocycles. The molecule has 8 aliphatic carbocycles. The van der Waals surface area contributed by atoms with Crippen molar-refractivity contribution in [2.45, 2.75) is 103 Å². The van der Waals surface area contributed by atoms with Crippen molar-refractivity contribution in [2.24, 2.45) is 0 Å². The molecule has 140 heavy (non-hydrogen) atoms. The SMILES string of the molecule is c1ccc2c(c1)Cc1c-2ccc2c1-c1c(cc3c4c1Cc1cccnc1N4c1ncccc1C3)C2.c1ccc2c(c1)Cc1c-2ccc2c1-c1c(cc3c4c1Cc1ccncc1N4c1ncccc1C3)C2.c1ccc2c(c1)Cc1c-2ccc2c1-c1c(cc3c4c1Cc1cnccc1N4c1ncccc1C3)C2.c1ccc2c(c1)Cc1c-2ccc2c1-c1c(cc3c4c1Cc1ncccc1N4c1ncccc1C3)C2. The lowest BCUT2D eigenvalue weighted by Crippen LogP contribution is -2.27. The topological polar surface area (TPSA) is 116 Å². The van der Waals surface area contributed by atoms with E-state index in [4.69, 9.17) is 29.9 Å². The number of nitrogens with zero attached hydrogens (tertiary/aromatic N) is 12. The van der Waals surface area contributed by atoms with Gasteiger partial charge in [0.2, 0.25) is 0 Å². The molecule has 36 rings (SSSR count). The number of rotatable bonds is 0. The maximum absolute atomic E-state index is 4.87. The molecule has 0 saturated carbocycles. The number of hydrogen-bond acceptors (Lipinski definition) is 12. The number of pyridine rings is 8. The Morgan fingerprint density at radius 3 is 0.850 bits per heavy atom. The van der Waals surface area contributed by atoms with Crippen molar-refractivity contribution in [1.82, 2.24) is 39.9 Å². The van der Waals surface area contributed by atoms with Crippen LogP contribution in [-0.4, -0.2) is 39.9 Å². The monoisotopic (exact) mass is 1790 g/mol. The fourth-order valence-corrected chi connectivity index (χ4v) is 28.3. The van der Waals surface area contributed by atoms with Crippen LogP contribution < -0.4 is 19.6 Å². The van der Waals surface area contributed by atoms with Gasteiger partial charge in [0, 0.05) is 107 Å². The Morgan fingerprint density at radius 2 is 0.443 bits per heavy atom. The summed E-state index contributed by atoms with van der Waals surface area (Å²) in [6.45, 7) is 0. The zero-order valence-electron chi connectivity index (χ0n) is 76.7. The highest BCUT2D eigenvalue weighted by atomic mass is 15.3. The molecule has 16 aliphatic rings. The van der Waals surface area contributed by atoms with E-state index < -0.39 is 0 Å². The molecule has 0 fully saturated rings. The molecule has 0 unspecified atom stereocenters. The van der Waals surface area contributed by atoms with E-state index in [1.807, 2.05) is 61.8 Å². The van der Waals surface area contributed by atoms with E-state index in [9.17, 15) is 0 Å². The van der Waals surface area contributed by atoms with Gasteiger partial charge in [0.15, 0.2) is 0 Å². The van der Waals surface area contributed by atoms with Crippen LogP contribution in [0.25, 0.3) is 89.0 Å². The Balaban J connectivity index is 0.0000000829. The van der Waals surface area contributed by atoms with Crippen molar-refractivity contribution in [3.8, 4) is 89.0 Å². The van der Waals surface area contributed by atoms with E-state index in [1.165, 1.54) is 301 Å². The van der Waals surface area contributed by atoms with Crippen LogP contribution in [-0.2, 0) is 103 Å². The Labute approximate surface area is 809 Å². The molecule has 8 aliphatic heterocycles. The maximum atomic E-state index is 4.87. The summed E-state index contributed by atoms with van der Waals surface area (Å²) in [4.78, 5) is 47.7. The largest absolute Gasteiger partial charge is 0.294 e. The van der Waals surface area contributed by atoms with Gasteiger partial charge in [-0.25, -0.2) is 24.9 Å². The molecule has 0 atom stereocenters. The third kappa shape index (κ3) is 10.5. The third-order valence-corrected chi connectivity index (χ3v) is 33.7. The minimum Gasteiger partial charge on any atom is -0.294 e. The van der Waals surface area contributed by atoms with Crippen molar-refractivity contribution >= 4 is 68.9 Å². The summed E-state index contributed by atoms with van der Waals surface area (Å²) in [5.74, 6) is 5.24. The molecule has 0 spiro atoms. The fourth-order valence-electron chi connectivity index (χ4n) is 28.3. The van der Waals surface area contributed by atoms with Crippen molar-refractivity contribution < 1.29 is 0 Å². The van der Waals surface area contributed by atoms with Gasteiger partial charge >= 0.3 is 0 Å². The smallest absolute Gasteiger partial charge is 0.142 e. The summed E-state index contributed by atoms with van der Waals surface area (Å²) in [5.41, 5.74) is 77.4. The van der Waals surface area contributed by atoms with E-state index in [0.29, 0.717) is 0 Å². The first kappa shape index (κ1) is 76.2. The van der Waals surface area contributed by atoms with Gasteiger partial charge in [0.25, 0.3) is 0 Å². The van der Waals surface area contributed by atoms with Gasteiger partial charge in [-0.1, -0.05) is 200 Å². The minimum absolute atomic E-state index is 0.871. The molecule has 0 saturated heterocycles. The second kappa shape index (κ2) is 28.4. The molecule has 656 valence electrons. The van der Waals surface area contributed by atoms with Crippen molar-refractivity contribution in [2.75, 3.05) is 19.6 Å². The molecule has 8 aromatic heterocycles. The Morgan fingerprint density at radius 1 is 0.157 bits per heavy atom. The number of aromatic nitrogens is 8. The average Bonchev–Trinajstić information content (AvgIpc) is 1.46. The number of benzene rings is 12. The first-order valence-electron chi connectivity index (χ1n) is 49.7. The molecule has 0 amide bonds. The summed E-state index contributed by atoms with van der Waals surface area (Å²) in [7, 11) is 0. The summed E-state index contributed by atoms with van der Waals surface area (Å²) >= 11 is 0. The van der Waals surface area contributed by atoms with Gasteiger partial charge in [-0.05, 0) is 367 Å². The fraction of sp³-hybridized carbons (Fsp3) is 0.125. The van der Waals surface area contributed by atoms with Crippen LogP contribution in [0.3, 0.4) is 0 Å². The van der Waals surface area contributed by atoms with Crippen LogP contribution in [0.2, 0.25) is 0 Å². The summed E-state index contributed by atoms with van der Waals surface area (Å²) in [5, 5.41) is 0. The van der Waals surface area contributed by atoms with E-state index >= 15 is 0 Å². The molecular formula is C128H84N12. The molecule has 0 bridgehead atoms. The van der Waals surface area contributed by atoms with E-state index in [1.54, 1.807) is 0 Å². The zero-order chi connectivity index (χ0) is 90.7. The molecule has 16 heterocycles. The van der Waals surface area contributed by atoms with Crippen LogP contribution in [0.4, 0.5) is 68.9 Å². The minimum atomic E-state index is 0.871. The second-order valence-corrected chi connectivity index (χ2v) is 40.8. The normalized spacial score (nSPS) is 14.9. The van der Waals surface area contributed by atoms with E-state index in [2.05, 4.69) is 284 Å². The van der Waals surface area contributed by atoms with Crippen LogP contribution in [0, 0.1) is 0 Å². The van der Waals surface area contributed by atoms with Crippen molar-refractivity contribution in [1.29, 1.82) is 0 Å². The number of anilines is 12. The van der Waals surface area contributed by atoms with Crippen molar-refractivity contribution in [3.05, 3.63) is 495 Å². The zero-order valence-corrected chi connectivity index (χ0v) is 76.7. The van der Waals surface area contributed by atoms with Gasteiger partial charge in [0.1, 0.15) is 29.1 Å². The van der Waals surface area contributed by atoms with Crippen LogP contribution >= 0.6 is 0 Å². The molecule has 12 heteroatoms. The van der Waals surface area contributed by atoms with Crippen molar-refractivity contribution in [3.63, 3.8) is 0 Å². The summed E-state index contributed by atoms with van der Waals surface area (Å²) < 4.78 is 0. The van der Waals surface area contributed by atoms with Gasteiger partial charge in [-0.3, -0.25) is 34.6 Å². The average molecular weight is 1790 g/mol. The Kier molecular flexibility index (Phi) is 15.4. The molecule has 12 nitrogen and oxygen atoms in total. The van der Waals surface area contributed by atoms with Gasteiger partial charge in [0.05, 0.1) is 51.7 Å². The predicted molar refractivity (Wildman–Crippen MR) is 555 cm³/mol. The van der Waals surface area contributed by atoms with E-state index in [0.717, 1.165) is 138 Å². The lowest BCUT2D eigenvalue weighted by molar-refractivity contribution is 0.949.